The average molecular weight is 522 g/mol. The molecule has 2 fully saturated rings. The van der Waals surface area contributed by atoms with E-state index in [1.54, 1.807) is 28.7 Å². The van der Waals surface area contributed by atoms with Crippen molar-refractivity contribution in [2.45, 2.75) is 13.8 Å². The van der Waals surface area contributed by atoms with Gasteiger partial charge in [0.2, 0.25) is 0 Å². The number of carbonyl (C=O) groups is 1. The molecule has 0 spiro atoms. The van der Waals surface area contributed by atoms with E-state index >= 15 is 0 Å². The minimum Gasteiger partial charge on any atom is -0.497 e. The van der Waals surface area contributed by atoms with E-state index in [-0.39, 0.29) is 11.5 Å². The second-order valence-corrected chi connectivity index (χ2v) is 10.3. The molecule has 2 aromatic heterocycles. The molecule has 1 aromatic carbocycles. The molecular formula is C26H27N5O3S2. The Morgan fingerprint density at radius 1 is 1.08 bits per heavy atom. The molecule has 5 rings (SSSR count). The Kier molecular flexibility index (Phi) is 6.72. The predicted molar refractivity (Wildman–Crippen MR) is 149 cm³/mol. The van der Waals surface area contributed by atoms with Crippen molar-refractivity contribution >= 4 is 57.4 Å². The van der Waals surface area contributed by atoms with Gasteiger partial charge in [0.05, 0.1) is 17.6 Å². The summed E-state index contributed by atoms with van der Waals surface area (Å²) in [4.78, 5) is 38.0. The van der Waals surface area contributed by atoms with Gasteiger partial charge >= 0.3 is 0 Å². The van der Waals surface area contributed by atoms with E-state index in [2.05, 4.69) is 21.9 Å². The number of rotatable bonds is 5. The highest BCUT2D eigenvalue weighted by Crippen LogP contribution is 2.33. The van der Waals surface area contributed by atoms with Crippen molar-refractivity contribution in [1.82, 2.24) is 14.3 Å². The maximum absolute atomic E-state index is 13.7. The molecule has 2 aliphatic heterocycles. The van der Waals surface area contributed by atoms with Crippen LogP contribution in [0.5, 0.6) is 5.75 Å². The van der Waals surface area contributed by atoms with Gasteiger partial charge < -0.3 is 14.5 Å². The number of hydrogen-bond acceptors (Lipinski definition) is 8. The zero-order valence-corrected chi connectivity index (χ0v) is 22.1. The number of ether oxygens (including phenoxy) is 1. The molecular weight excluding hydrogens is 494 g/mol. The number of amides is 1. The highest BCUT2D eigenvalue weighted by atomic mass is 32.2. The van der Waals surface area contributed by atoms with E-state index in [1.165, 1.54) is 11.8 Å². The number of aryl methyl sites for hydroxylation is 1. The fourth-order valence-corrected chi connectivity index (χ4v) is 5.91. The lowest BCUT2D eigenvalue weighted by Gasteiger charge is -2.37. The van der Waals surface area contributed by atoms with Gasteiger partial charge in [0.1, 0.15) is 21.5 Å². The van der Waals surface area contributed by atoms with E-state index < -0.39 is 0 Å². The number of piperazine rings is 1. The number of aromatic nitrogens is 2. The number of thioether (sulfide) groups is 1. The number of likely N-dealkylation sites (N-methyl/N-ethyl adjacent to an activating group) is 1. The average Bonchev–Trinajstić information content (AvgIpc) is 3.17. The minimum absolute atomic E-state index is 0.170. The maximum Gasteiger partial charge on any atom is 0.267 e. The first-order chi connectivity index (χ1) is 17.4. The summed E-state index contributed by atoms with van der Waals surface area (Å²) in [6.07, 6.45) is 3.39. The van der Waals surface area contributed by atoms with Gasteiger partial charge in [-0.3, -0.25) is 18.9 Å². The van der Waals surface area contributed by atoms with E-state index in [4.69, 9.17) is 21.9 Å². The molecule has 0 atom stereocenters. The first-order valence-electron chi connectivity index (χ1n) is 11.8. The lowest BCUT2D eigenvalue weighted by Crippen LogP contribution is -2.47. The summed E-state index contributed by atoms with van der Waals surface area (Å²) in [6.45, 7) is 7.26. The van der Waals surface area contributed by atoms with Crippen LogP contribution in [-0.4, -0.2) is 64.3 Å². The second kappa shape index (κ2) is 9.94. The van der Waals surface area contributed by atoms with Crippen LogP contribution in [-0.2, 0) is 4.79 Å². The van der Waals surface area contributed by atoms with Crippen LogP contribution in [0.2, 0.25) is 0 Å². The van der Waals surface area contributed by atoms with E-state index in [1.807, 2.05) is 38.1 Å². The van der Waals surface area contributed by atoms with Crippen molar-refractivity contribution in [3.63, 3.8) is 0 Å². The van der Waals surface area contributed by atoms with Gasteiger partial charge in [-0.2, -0.15) is 0 Å². The molecule has 10 heteroatoms. The molecule has 0 aliphatic carbocycles. The minimum atomic E-state index is -0.196. The third-order valence-electron chi connectivity index (χ3n) is 6.55. The van der Waals surface area contributed by atoms with Crippen LogP contribution >= 0.6 is 24.0 Å². The smallest absolute Gasteiger partial charge is 0.267 e. The molecule has 2 saturated heterocycles. The second-order valence-electron chi connectivity index (χ2n) is 8.64. The zero-order valence-electron chi connectivity index (χ0n) is 20.4. The molecule has 0 bridgehead atoms. The fraction of sp³-hybridized carbons (Fsp3) is 0.308. The van der Waals surface area contributed by atoms with Crippen molar-refractivity contribution in [3.8, 4) is 5.75 Å². The number of nitrogens with zero attached hydrogens (tertiary/aromatic N) is 5. The summed E-state index contributed by atoms with van der Waals surface area (Å²) in [5, 5.41) is 0. The predicted octanol–water partition coefficient (Wildman–Crippen LogP) is 3.56. The number of anilines is 2. The number of thiocarbonyl (C=S) groups is 1. The maximum atomic E-state index is 13.7. The summed E-state index contributed by atoms with van der Waals surface area (Å²) in [7, 11) is 1.66. The Bertz CT molecular complexity index is 1430. The van der Waals surface area contributed by atoms with E-state index in [9.17, 15) is 9.59 Å². The largest absolute Gasteiger partial charge is 0.497 e. The normalized spacial score (nSPS) is 17.5. The number of fused-ring (bicyclic) bond motifs is 1. The third kappa shape index (κ3) is 4.35. The van der Waals surface area contributed by atoms with Crippen molar-refractivity contribution in [1.29, 1.82) is 0 Å². The summed E-state index contributed by atoms with van der Waals surface area (Å²) in [5.74, 6) is 1.26. The van der Waals surface area contributed by atoms with Crippen LogP contribution in [0.4, 0.5) is 11.5 Å². The number of pyridine rings is 1. The number of benzene rings is 1. The molecule has 4 heterocycles. The number of carbonyl (C=O) groups excluding carboxylic acids is 1. The summed E-state index contributed by atoms with van der Waals surface area (Å²) < 4.78 is 7.34. The van der Waals surface area contributed by atoms with Crippen molar-refractivity contribution in [2.75, 3.05) is 49.6 Å². The molecule has 3 aromatic rings. The summed E-state index contributed by atoms with van der Waals surface area (Å²) >= 11 is 6.61. The quantitative estimate of drug-likeness (QED) is 0.373. The van der Waals surface area contributed by atoms with Gasteiger partial charge in [-0.25, -0.2) is 4.98 Å². The van der Waals surface area contributed by atoms with Gasteiger partial charge in [0.15, 0.2) is 0 Å². The lowest BCUT2D eigenvalue weighted by molar-refractivity contribution is -0.121. The van der Waals surface area contributed by atoms with Crippen LogP contribution < -0.4 is 20.1 Å². The molecule has 0 unspecified atom stereocenters. The molecule has 0 radical (unpaired) electrons. The molecule has 0 saturated carbocycles. The Hall–Kier alpha value is -3.37. The van der Waals surface area contributed by atoms with Crippen molar-refractivity contribution < 1.29 is 9.53 Å². The molecule has 186 valence electrons. The first kappa shape index (κ1) is 24.3. The first-order valence-corrected chi connectivity index (χ1v) is 13.0. The van der Waals surface area contributed by atoms with Gasteiger partial charge in [-0.05, 0) is 55.8 Å². The number of hydrogen-bond donors (Lipinski definition) is 0. The highest BCUT2D eigenvalue weighted by molar-refractivity contribution is 8.26. The molecule has 36 heavy (non-hydrogen) atoms. The Morgan fingerprint density at radius 3 is 2.42 bits per heavy atom. The van der Waals surface area contributed by atoms with Crippen molar-refractivity contribution in [2.24, 2.45) is 0 Å². The molecule has 1 amide bonds. The topological polar surface area (TPSA) is 70.4 Å². The van der Waals surface area contributed by atoms with Gasteiger partial charge in [-0.1, -0.05) is 30.0 Å². The summed E-state index contributed by atoms with van der Waals surface area (Å²) in [6, 6.07) is 11.8. The molecule has 0 N–H and O–H groups in total. The van der Waals surface area contributed by atoms with Gasteiger partial charge in [-0.15, -0.1) is 0 Å². The molecule has 2 aliphatic rings. The standard InChI is InChI=1S/C26H27N5O3S2/c1-4-30-25(33)21(36-26(30)35)16-20-23(27-22-17(2)6-5-11-31(22)24(20)32)29-14-12-28(13-15-29)18-7-9-19(34-3)10-8-18/h5-11,16H,4,12-15H2,1-3H3. The summed E-state index contributed by atoms with van der Waals surface area (Å²) in [5.41, 5.74) is 2.87. The van der Waals surface area contributed by atoms with Crippen LogP contribution in [0.15, 0.2) is 52.3 Å². The molecule has 8 nitrogen and oxygen atoms in total. The van der Waals surface area contributed by atoms with Crippen LogP contribution in [0.3, 0.4) is 0 Å². The van der Waals surface area contributed by atoms with Crippen LogP contribution in [0.1, 0.15) is 18.1 Å². The Labute approximate surface area is 219 Å². The van der Waals surface area contributed by atoms with Gasteiger partial charge in [0.25, 0.3) is 11.5 Å². The monoisotopic (exact) mass is 521 g/mol. The Balaban J connectivity index is 1.52. The van der Waals surface area contributed by atoms with E-state index in [0.717, 1.165) is 30.1 Å². The van der Waals surface area contributed by atoms with Gasteiger partial charge in [0, 0.05) is 44.6 Å². The third-order valence-corrected chi connectivity index (χ3v) is 7.92. The zero-order chi connectivity index (χ0) is 25.4. The number of methoxy groups -OCH3 is 1. The fourth-order valence-electron chi connectivity index (χ4n) is 4.54. The van der Waals surface area contributed by atoms with E-state index in [0.29, 0.717) is 45.9 Å². The SMILES string of the molecule is CCN1C(=O)C(=Cc2c(N3CCN(c4ccc(OC)cc4)CC3)nc3c(C)cccn3c2=O)SC1=S. The lowest BCUT2D eigenvalue weighted by atomic mass is 10.2. The van der Waals surface area contributed by atoms with Crippen molar-refractivity contribution in [3.05, 3.63) is 69.0 Å². The highest BCUT2D eigenvalue weighted by Gasteiger charge is 2.32. The Morgan fingerprint density at radius 2 is 1.78 bits per heavy atom. The van der Waals surface area contributed by atoms with Crippen LogP contribution in [0.25, 0.3) is 11.7 Å². The van der Waals surface area contributed by atoms with Crippen LogP contribution in [0, 0.1) is 6.92 Å².